The predicted octanol–water partition coefficient (Wildman–Crippen LogP) is 8.10. The van der Waals surface area contributed by atoms with Gasteiger partial charge in [0.25, 0.3) is 0 Å². The Labute approximate surface area is 200 Å². The van der Waals surface area contributed by atoms with E-state index in [-0.39, 0.29) is 16.7 Å². The van der Waals surface area contributed by atoms with Crippen molar-refractivity contribution in [2.45, 2.75) is 45.0 Å². The molecule has 0 saturated heterocycles. The van der Waals surface area contributed by atoms with Gasteiger partial charge in [-0.15, -0.1) is 6.58 Å². The average molecular weight is 486 g/mol. The van der Waals surface area contributed by atoms with Crippen LogP contribution in [0.3, 0.4) is 0 Å². The molecule has 2 nitrogen and oxygen atoms in total. The molecule has 0 aromatic heterocycles. The summed E-state index contributed by atoms with van der Waals surface area (Å²) < 4.78 is 79.7. The Balaban J connectivity index is 1.68. The number of hydrogen-bond donors (Lipinski definition) is 0. The number of rotatable bonds is 7. The van der Waals surface area contributed by atoms with Crippen LogP contribution < -0.4 is 4.74 Å². The third-order valence-electron chi connectivity index (χ3n) is 6.12. The van der Waals surface area contributed by atoms with Crippen molar-refractivity contribution in [1.29, 1.82) is 0 Å². The molecular formula is C28H23F5O2. The minimum Gasteiger partial charge on any atom is -0.420 e. The highest BCUT2D eigenvalue weighted by atomic mass is 19.2. The number of fused-ring (bicyclic) bond motifs is 3. The number of benzene rings is 3. The standard InChI is InChI=1S/C28H23F5O2/c1-3-5-7-15-8-10-19(20(29)14-15)28(34)35-21-13-12-18-17-11-9-16(6-4-2)24(30)22(17)26(32)27(33)23(18)25(21)31/h3,8-14,26-27H,1,4-7H2,2H3. The van der Waals surface area contributed by atoms with E-state index in [2.05, 4.69) is 6.58 Å². The van der Waals surface area contributed by atoms with E-state index < -0.39 is 58.2 Å². The Hall–Kier alpha value is -3.48. The molecule has 4 rings (SSSR count). The lowest BCUT2D eigenvalue weighted by Crippen LogP contribution is -2.18. The first-order chi connectivity index (χ1) is 16.8. The van der Waals surface area contributed by atoms with Crippen molar-refractivity contribution in [3.05, 3.63) is 100 Å². The lowest BCUT2D eigenvalue weighted by Gasteiger charge is -2.28. The summed E-state index contributed by atoms with van der Waals surface area (Å²) in [6, 6.07) is 9.15. The fourth-order valence-electron chi connectivity index (χ4n) is 4.36. The van der Waals surface area contributed by atoms with Gasteiger partial charge in [0, 0.05) is 11.1 Å². The number of allylic oxidation sites excluding steroid dienone is 1. The number of esters is 1. The monoisotopic (exact) mass is 486 g/mol. The third-order valence-corrected chi connectivity index (χ3v) is 6.12. The Morgan fingerprint density at radius 2 is 1.60 bits per heavy atom. The highest BCUT2D eigenvalue weighted by Gasteiger charge is 2.40. The fraction of sp³-hybridized carbons (Fsp3) is 0.250. The molecule has 3 aromatic carbocycles. The smallest absolute Gasteiger partial charge is 0.346 e. The van der Waals surface area contributed by atoms with Crippen molar-refractivity contribution in [3.63, 3.8) is 0 Å². The van der Waals surface area contributed by atoms with Gasteiger partial charge in [0.05, 0.1) is 5.56 Å². The molecule has 0 saturated carbocycles. The molecule has 0 bridgehead atoms. The van der Waals surface area contributed by atoms with Crippen molar-refractivity contribution in [1.82, 2.24) is 0 Å². The van der Waals surface area contributed by atoms with Crippen molar-refractivity contribution < 1.29 is 31.5 Å². The van der Waals surface area contributed by atoms with E-state index in [1.54, 1.807) is 6.08 Å². The molecular weight excluding hydrogens is 463 g/mol. The summed E-state index contributed by atoms with van der Waals surface area (Å²) in [6.07, 6.45) is -1.15. The molecule has 1 aliphatic rings. The maximum Gasteiger partial charge on any atom is 0.346 e. The number of hydrogen-bond acceptors (Lipinski definition) is 2. The van der Waals surface area contributed by atoms with Gasteiger partial charge in [-0.05, 0) is 59.7 Å². The number of aryl methyl sites for hydroxylation is 2. The molecule has 2 unspecified atom stereocenters. The Kier molecular flexibility index (Phi) is 7.05. The quantitative estimate of drug-likeness (QED) is 0.146. The van der Waals surface area contributed by atoms with Crippen LogP contribution in [0.5, 0.6) is 5.75 Å². The molecule has 7 heteroatoms. The Morgan fingerprint density at radius 3 is 2.23 bits per heavy atom. The number of halogens is 5. The molecule has 182 valence electrons. The molecule has 0 spiro atoms. The van der Waals surface area contributed by atoms with Gasteiger partial charge in [0.2, 0.25) is 0 Å². The van der Waals surface area contributed by atoms with Crippen LogP contribution in [0.1, 0.15) is 64.7 Å². The molecule has 0 fully saturated rings. The molecule has 0 heterocycles. The van der Waals surface area contributed by atoms with Gasteiger partial charge in [-0.2, -0.15) is 0 Å². The van der Waals surface area contributed by atoms with E-state index in [1.807, 2.05) is 6.92 Å². The largest absolute Gasteiger partial charge is 0.420 e. The first-order valence-corrected chi connectivity index (χ1v) is 11.3. The number of carbonyl (C=O) groups excluding carboxylic acids is 1. The van der Waals surface area contributed by atoms with Crippen LogP contribution in [0.2, 0.25) is 0 Å². The molecule has 35 heavy (non-hydrogen) atoms. The van der Waals surface area contributed by atoms with E-state index in [9.17, 15) is 13.6 Å². The molecule has 0 N–H and O–H groups in total. The maximum atomic E-state index is 15.3. The average Bonchev–Trinajstić information content (AvgIpc) is 2.83. The molecule has 0 aliphatic heterocycles. The van der Waals surface area contributed by atoms with E-state index in [0.717, 1.165) is 6.07 Å². The van der Waals surface area contributed by atoms with Gasteiger partial charge in [0.15, 0.2) is 23.9 Å². The highest BCUT2D eigenvalue weighted by molar-refractivity contribution is 5.91. The molecule has 3 aromatic rings. The highest BCUT2D eigenvalue weighted by Crippen LogP contribution is 2.51. The summed E-state index contributed by atoms with van der Waals surface area (Å²) in [5.41, 5.74) is -0.637. The number of ether oxygens (including phenoxy) is 1. The third kappa shape index (κ3) is 4.47. The minimum absolute atomic E-state index is 0.0293. The van der Waals surface area contributed by atoms with Crippen LogP contribution in [0.15, 0.2) is 55.1 Å². The van der Waals surface area contributed by atoms with E-state index in [0.29, 0.717) is 31.2 Å². The second kappa shape index (κ2) is 10.0. The molecule has 1 aliphatic carbocycles. The Bertz CT molecular complexity index is 1300. The van der Waals surface area contributed by atoms with Crippen LogP contribution >= 0.6 is 0 Å². The molecule has 2 atom stereocenters. The zero-order chi connectivity index (χ0) is 25.3. The van der Waals surface area contributed by atoms with Crippen LogP contribution in [0.4, 0.5) is 22.0 Å². The van der Waals surface area contributed by atoms with Gasteiger partial charge >= 0.3 is 5.97 Å². The van der Waals surface area contributed by atoms with E-state index in [4.69, 9.17) is 4.74 Å². The SMILES string of the molecule is C=CCCc1ccc(C(=O)Oc2ccc3c(c2F)C(F)C(F)c2c-3ccc(CCC)c2F)c(F)c1. The van der Waals surface area contributed by atoms with E-state index >= 15 is 13.2 Å². The van der Waals surface area contributed by atoms with Gasteiger partial charge in [-0.3, -0.25) is 0 Å². The van der Waals surface area contributed by atoms with Crippen molar-refractivity contribution in [3.8, 4) is 16.9 Å². The maximum absolute atomic E-state index is 15.3. The predicted molar refractivity (Wildman–Crippen MR) is 123 cm³/mol. The number of carbonyl (C=O) groups is 1. The second-order valence-electron chi connectivity index (χ2n) is 8.42. The summed E-state index contributed by atoms with van der Waals surface area (Å²) in [5, 5.41) is 0. The minimum atomic E-state index is -2.51. The second-order valence-corrected chi connectivity index (χ2v) is 8.42. The van der Waals surface area contributed by atoms with Crippen LogP contribution in [-0.2, 0) is 12.8 Å². The zero-order valence-corrected chi connectivity index (χ0v) is 19.0. The molecule has 0 radical (unpaired) electrons. The number of alkyl halides is 2. The lowest BCUT2D eigenvalue weighted by molar-refractivity contribution is 0.0721. The van der Waals surface area contributed by atoms with Crippen molar-refractivity contribution in [2.75, 3.05) is 0 Å². The van der Waals surface area contributed by atoms with Gasteiger partial charge < -0.3 is 4.74 Å². The fourth-order valence-corrected chi connectivity index (χ4v) is 4.36. The van der Waals surface area contributed by atoms with E-state index in [1.165, 1.54) is 36.4 Å². The summed E-state index contributed by atoms with van der Waals surface area (Å²) in [6.45, 7) is 5.43. The van der Waals surface area contributed by atoms with Gasteiger partial charge in [-0.1, -0.05) is 43.7 Å². The lowest BCUT2D eigenvalue weighted by atomic mass is 9.81. The van der Waals surface area contributed by atoms with Gasteiger partial charge in [0.1, 0.15) is 11.6 Å². The Morgan fingerprint density at radius 1 is 0.943 bits per heavy atom. The van der Waals surface area contributed by atoms with Crippen molar-refractivity contribution in [2.24, 2.45) is 0 Å². The first kappa shape index (κ1) is 24.6. The van der Waals surface area contributed by atoms with Gasteiger partial charge in [-0.25, -0.2) is 26.7 Å². The summed E-state index contributed by atoms with van der Waals surface area (Å²) in [7, 11) is 0. The topological polar surface area (TPSA) is 26.3 Å². The summed E-state index contributed by atoms with van der Waals surface area (Å²) in [4.78, 5) is 12.5. The summed E-state index contributed by atoms with van der Waals surface area (Å²) in [5.74, 6) is -4.85. The zero-order valence-electron chi connectivity index (χ0n) is 19.0. The summed E-state index contributed by atoms with van der Waals surface area (Å²) >= 11 is 0. The first-order valence-electron chi connectivity index (χ1n) is 11.3. The van der Waals surface area contributed by atoms with Crippen LogP contribution in [-0.4, -0.2) is 5.97 Å². The van der Waals surface area contributed by atoms with Crippen LogP contribution in [0.25, 0.3) is 11.1 Å². The van der Waals surface area contributed by atoms with Crippen molar-refractivity contribution >= 4 is 5.97 Å². The molecule has 0 amide bonds. The van der Waals surface area contributed by atoms with Crippen LogP contribution in [0, 0.1) is 17.5 Å². The normalized spacial score (nSPS) is 16.4.